The van der Waals surface area contributed by atoms with Crippen LogP contribution < -0.4 is 0 Å². The molecular weight excluding hydrogens is 294 g/mol. The van der Waals surface area contributed by atoms with Crippen LogP contribution in [0.15, 0.2) is 24.3 Å². The van der Waals surface area contributed by atoms with E-state index < -0.39 is 11.0 Å². The fraction of sp³-hybridized carbons (Fsp3) is 0.500. The van der Waals surface area contributed by atoms with E-state index in [1.165, 1.54) is 0 Å². The predicted molar refractivity (Wildman–Crippen MR) is 84.6 cm³/mol. The minimum atomic E-state index is -0.984. The Kier molecular flexibility index (Phi) is 3.54. The SMILES string of the molecule is CC(C)(C)OC(=O)N1CCC2(CC1)C(=O)c1ccccc1C2=O. The van der Waals surface area contributed by atoms with Crippen molar-refractivity contribution < 1.29 is 19.1 Å². The zero-order valence-electron chi connectivity index (χ0n) is 13.7. The Bertz CT molecular complexity index is 642. The van der Waals surface area contributed by atoms with E-state index in [-0.39, 0.29) is 17.7 Å². The summed E-state index contributed by atoms with van der Waals surface area (Å²) in [6.45, 7) is 6.17. The van der Waals surface area contributed by atoms with E-state index in [4.69, 9.17) is 4.74 Å². The summed E-state index contributed by atoms with van der Waals surface area (Å²) in [5.41, 5.74) is -0.504. The molecule has 1 aliphatic heterocycles. The van der Waals surface area contributed by atoms with Gasteiger partial charge in [-0.05, 0) is 33.6 Å². The van der Waals surface area contributed by atoms with Crippen molar-refractivity contribution in [3.63, 3.8) is 0 Å². The van der Waals surface area contributed by atoms with Gasteiger partial charge in [-0.1, -0.05) is 24.3 Å². The summed E-state index contributed by atoms with van der Waals surface area (Å²) >= 11 is 0. The number of rotatable bonds is 0. The Labute approximate surface area is 135 Å². The monoisotopic (exact) mass is 315 g/mol. The number of piperidine rings is 1. The number of ether oxygens (including phenoxy) is 1. The number of carbonyl (C=O) groups is 3. The number of carbonyl (C=O) groups excluding carboxylic acids is 3. The molecule has 0 saturated carbocycles. The van der Waals surface area contributed by atoms with Crippen molar-refractivity contribution in [1.82, 2.24) is 4.90 Å². The fourth-order valence-electron chi connectivity index (χ4n) is 3.35. The molecule has 0 N–H and O–H groups in total. The van der Waals surface area contributed by atoms with Gasteiger partial charge in [-0.25, -0.2) is 4.79 Å². The number of hydrogen-bond acceptors (Lipinski definition) is 4. The molecule has 122 valence electrons. The Morgan fingerprint density at radius 2 is 1.52 bits per heavy atom. The van der Waals surface area contributed by atoms with Crippen molar-refractivity contribution in [2.24, 2.45) is 5.41 Å². The molecule has 1 aromatic rings. The van der Waals surface area contributed by atoms with Gasteiger partial charge in [0.2, 0.25) is 0 Å². The van der Waals surface area contributed by atoms with Crippen LogP contribution in [0.5, 0.6) is 0 Å². The summed E-state index contributed by atoms with van der Waals surface area (Å²) in [6, 6.07) is 6.98. The maximum atomic E-state index is 12.7. The second-order valence-electron chi connectivity index (χ2n) is 7.25. The quantitative estimate of drug-likeness (QED) is 0.690. The zero-order chi connectivity index (χ0) is 16.8. The summed E-state index contributed by atoms with van der Waals surface area (Å²) in [5.74, 6) is -0.191. The highest BCUT2D eigenvalue weighted by Crippen LogP contribution is 2.44. The lowest BCUT2D eigenvalue weighted by atomic mass is 9.74. The third kappa shape index (κ3) is 2.54. The zero-order valence-corrected chi connectivity index (χ0v) is 13.7. The second kappa shape index (κ2) is 5.18. The van der Waals surface area contributed by atoms with Gasteiger partial charge in [-0.15, -0.1) is 0 Å². The highest BCUT2D eigenvalue weighted by atomic mass is 16.6. The van der Waals surface area contributed by atoms with Gasteiger partial charge in [0.05, 0.1) is 0 Å². The van der Waals surface area contributed by atoms with Crippen LogP contribution in [-0.2, 0) is 4.74 Å². The van der Waals surface area contributed by atoms with E-state index in [2.05, 4.69) is 0 Å². The molecule has 0 unspecified atom stereocenters. The number of hydrogen-bond donors (Lipinski definition) is 0. The molecule has 3 rings (SSSR count). The van der Waals surface area contributed by atoms with E-state index in [0.717, 1.165) is 0 Å². The van der Waals surface area contributed by atoms with Crippen LogP contribution in [0.3, 0.4) is 0 Å². The van der Waals surface area contributed by atoms with Crippen molar-refractivity contribution in [3.8, 4) is 0 Å². The summed E-state index contributed by atoms with van der Waals surface area (Å²) in [7, 11) is 0. The van der Waals surface area contributed by atoms with Crippen LogP contribution in [0.25, 0.3) is 0 Å². The van der Waals surface area contributed by atoms with Crippen LogP contribution in [0.2, 0.25) is 0 Å². The van der Waals surface area contributed by atoms with Gasteiger partial charge in [0.15, 0.2) is 11.6 Å². The van der Waals surface area contributed by atoms with Crippen LogP contribution in [0.4, 0.5) is 4.79 Å². The Hall–Kier alpha value is -2.17. The van der Waals surface area contributed by atoms with E-state index >= 15 is 0 Å². The lowest BCUT2D eigenvalue weighted by Gasteiger charge is -2.37. The number of amides is 1. The van der Waals surface area contributed by atoms with Gasteiger partial charge in [0, 0.05) is 24.2 Å². The Balaban J connectivity index is 1.76. The van der Waals surface area contributed by atoms with E-state index in [0.29, 0.717) is 37.1 Å². The molecule has 23 heavy (non-hydrogen) atoms. The molecule has 5 nitrogen and oxygen atoms in total. The van der Waals surface area contributed by atoms with Gasteiger partial charge in [-0.3, -0.25) is 9.59 Å². The molecule has 1 aromatic carbocycles. The second-order valence-corrected chi connectivity index (χ2v) is 7.25. The molecule has 5 heteroatoms. The maximum absolute atomic E-state index is 12.7. The summed E-state index contributed by atoms with van der Waals surface area (Å²) in [6.07, 6.45) is 0.333. The van der Waals surface area contributed by atoms with Crippen LogP contribution >= 0.6 is 0 Å². The first-order valence-corrected chi connectivity index (χ1v) is 7.91. The first kappa shape index (κ1) is 15.7. The standard InChI is InChI=1S/C18H21NO4/c1-17(2,3)23-16(22)19-10-8-18(9-11-19)14(20)12-6-4-5-7-13(12)15(18)21/h4-7H,8-11H2,1-3H3. The molecule has 0 aromatic heterocycles. The van der Waals surface area contributed by atoms with Crippen molar-refractivity contribution in [3.05, 3.63) is 35.4 Å². The third-order valence-corrected chi connectivity index (χ3v) is 4.55. The normalized spacial score (nSPS) is 19.9. The third-order valence-electron chi connectivity index (χ3n) is 4.55. The fourth-order valence-corrected chi connectivity index (χ4v) is 3.35. The molecule has 1 spiro atoms. The van der Waals surface area contributed by atoms with Crippen LogP contribution in [-0.4, -0.2) is 41.3 Å². The minimum absolute atomic E-state index is 0.0954. The minimum Gasteiger partial charge on any atom is -0.444 e. The van der Waals surface area contributed by atoms with Gasteiger partial charge < -0.3 is 9.64 Å². The Morgan fingerprint density at radius 1 is 1.04 bits per heavy atom. The molecule has 1 fully saturated rings. The molecule has 0 radical (unpaired) electrons. The summed E-state index contributed by atoms with van der Waals surface area (Å²) < 4.78 is 5.36. The van der Waals surface area contributed by atoms with Gasteiger partial charge in [0.1, 0.15) is 11.0 Å². The highest BCUT2D eigenvalue weighted by Gasteiger charge is 2.54. The molecule has 2 aliphatic rings. The van der Waals surface area contributed by atoms with Crippen molar-refractivity contribution in [2.45, 2.75) is 39.2 Å². The first-order valence-electron chi connectivity index (χ1n) is 7.91. The summed E-state index contributed by atoms with van der Waals surface area (Å²) in [4.78, 5) is 39.2. The van der Waals surface area contributed by atoms with Crippen molar-refractivity contribution >= 4 is 17.7 Å². The van der Waals surface area contributed by atoms with Gasteiger partial charge in [-0.2, -0.15) is 0 Å². The highest BCUT2D eigenvalue weighted by molar-refractivity contribution is 6.29. The van der Waals surface area contributed by atoms with Gasteiger partial charge in [0.25, 0.3) is 0 Å². The average Bonchev–Trinajstić information content (AvgIpc) is 2.70. The van der Waals surface area contributed by atoms with Crippen LogP contribution in [0, 0.1) is 5.41 Å². The topological polar surface area (TPSA) is 63.7 Å². The largest absolute Gasteiger partial charge is 0.444 e. The Morgan fingerprint density at radius 3 is 1.96 bits per heavy atom. The molecule has 1 amide bonds. The smallest absolute Gasteiger partial charge is 0.410 e. The molecule has 0 bridgehead atoms. The van der Waals surface area contributed by atoms with E-state index in [1.807, 2.05) is 20.8 Å². The van der Waals surface area contributed by atoms with Crippen LogP contribution in [0.1, 0.15) is 54.3 Å². The first-order chi connectivity index (χ1) is 10.7. The van der Waals surface area contributed by atoms with E-state index in [1.54, 1.807) is 29.2 Å². The molecule has 1 heterocycles. The van der Waals surface area contributed by atoms with Gasteiger partial charge >= 0.3 is 6.09 Å². The number of benzene rings is 1. The number of ketones is 2. The molecule has 1 aliphatic carbocycles. The number of Topliss-reactive ketones (excluding diaryl/α,β-unsaturated/α-hetero) is 2. The molecular formula is C18H21NO4. The lowest BCUT2D eigenvalue weighted by Crippen LogP contribution is -2.49. The summed E-state index contributed by atoms with van der Waals surface area (Å²) in [5, 5.41) is 0. The molecule has 0 atom stereocenters. The average molecular weight is 315 g/mol. The molecule has 1 saturated heterocycles. The lowest BCUT2D eigenvalue weighted by molar-refractivity contribution is 0.0117. The van der Waals surface area contributed by atoms with Crippen molar-refractivity contribution in [1.29, 1.82) is 0 Å². The van der Waals surface area contributed by atoms with E-state index in [9.17, 15) is 14.4 Å². The predicted octanol–water partition coefficient (Wildman–Crippen LogP) is 3.08. The number of likely N-dealkylation sites (tertiary alicyclic amines) is 1. The number of nitrogens with zero attached hydrogens (tertiary/aromatic N) is 1. The number of fused-ring (bicyclic) bond motifs is 1. The van der Waals surface area contributed by atoms with Crippen molar-refractivity contribution in [2.75, 3.05) is 13.1 Å². The maximum Gasteiger partial charge on any atom is 0.410 e.